The first-order chi connectivity index (χ1) is 6.29. The zero-order chi connectivity index (χ0) is 9.68. The van der Waals surface area contributed by atoms with Gasteiger partial charge in [-0.3, -0.25) is 0 Å². The number of unbranched alkanes of at least 4 members (excludes halogenated alkanes) is 2. The van der Waals surface area contributed by atoms with Crippen LogP contribution in [0.4, 0.5) is 5.82 Å². The third kappa shape index (κ3) is 2.25. The number of anilines is 1. The second-order valence-electron chi connectivity index (χ2n) is 3.17. The number of H-pyrrole nitrogens is 1. The maximum atomic E-state index is 8.79. The summed E-state index contributed by atoms with van der Waals surface area (Å²) in [5.41, 5.74) is 7.25. The molecule has 0 fully saturated rings. The minimum absolute atomic E-state index is 0.494. The smallest absolute Gasteiger partial charge is 0.119 e. The van der Waals surface area contributed by atoms with E-state index < -0.39 is 0 Å². The number of nitrogen functional groups attached to an aromatic ring is 1. The number of aromatic amines is 1. The van der Waals surface area contributed by atoms with Gasteiger partial charge in [-0.25, -0.2) is 0 Å². The van der Waals surface area contributed by atoms with Gasteiger partial charge < -0.3 is 10.7 Å². The molecule has 0 atom stereocenters. The van der Waals surface area contributed by atoms with E-state index in [1.165, 1.54) is 12.8 Å². The molecule has 0 amide bonds. The summed E-state index contributed by atoms with van der Waals surface area (Å²) >= 11 is 0. The molecule has 70 valence electrons. The lowest BCUT2D eigenvalue weighted by Gasteiger charge is -1.96. The maximum absolute atomic E-state index is 8.79. The van der Waals surface area contributed by atoms with Crippen LogP contribution < -0.4 is 5.73 Å². The lowest BCUT2D eigenvalue weighted by atomic mass is 10.1. The van der Waals surface area contributed by atoms with E-state index in [1.54, 1.807) is 0 Å². The average molecular weight is 177 g/mol. The Bertz CT molecular complexity index is 306. The van der Waals surface area contributed by atoms with Gasteiger partial charge in [0.1, 0.15) is 11.9 Å². The molecule has 0 radical (unpaired) electrons. The highest BCUT2D eigenvalue weighted by Gasteiger charge is 2.06. The molecule has 0 aromatic carbocycles. The van der Waals surface area contributed by atoms with E-state index in [0.717, 1.165) is 18.4 Å². The van der Waals surface area contributed by atoms with Crippen LogP contribution in [0.2, 0.25) is 0 Å². The fraction of sp³-hybridized carbons (Fsp3) is 0.500. The van der Waals surface area contributed by atoms with Gasteiger partial charge in [-0.1, -0.05) is 19.8 Å². The molecule has 1 aromatic heterocycles. The van der Waals surface area contributed by atoms with Crippen molar-refractivity contribution < 1.29 is 0 Å². The predicted octanol–water partition coefficient (Wildman–Crippen LogP) is 2.20. The minimum Gasteiger partial charge on any atom is -0.384 e. The van der Waals surface area contributed by atoms with Crippen LogP contribution in [-0.4, -0.2) is 4.98 Å². The Morgan fingerprint density at radius 2 is 2.31 bits per heavy atom. The average Bonchev–Trinajstić information content (AvgIpc) is 2.47. The number of nitrogens with zero attached hydrogens (tertiary/aromatic N) is 1. The topological polar surface area (TPSA) is 65.6 Å². The molecule has 0 unspecified atom stereocenters. The summed E-state index contributed by atoms with van der Waals surface area (Å²) in [6.07, 6.45) is 6.31. The van der Waals surface area contributed by atoms with E-state index in [-0.39, 0.29) is 0 Å². The van der Waals surface area contributed by atoms with Crippen LogP contribution in [0, 0.1) is 11.3 Å². The summed E-state index contributed by atoms with van der Waals surface area (Å²) in [6, 6.07) is 2.11. The first-order valence-corrected chi connectivity index (χ1v) is 4.65. The van der Waals surface area contributed by atoms with Gasteiger partial charge in [0.15, 0.2) is 0 Å². The third-order valence-electron chi connectivity index (χ3n) is 2.15. The Morgan fingerprint density at radius 1 is 1.54 bits per heavy atom. The van der Waals surface area contributed by atoms with Crippen molar-refractivity contribution in [2.75, 3.05) is 5.73 Å². The van der Waals surface area contributed by atoms with Crippen LogP contribution in [0.1, 0.15) is 37.3 Å². The van der Waals surface area contributed by atoms with Crippen LogP contribution in [0.5, 0.6) is 0 Å². The van der Waals surface area contributed by atoms with E-state index in [2.05, 4.69) is 18.0 Å². The number of aryl methyl sites for hydroxylation is 1. The van der Waals surface area contributed by atoms with Gasteiger partial charge in [0, 0.05) is 6.20 Å². The summed E-state index contributed by atoms with van der Waals surface area (Å²) in [5, 5.41) is 8.79. The molecular weight excluding hydrogens is 162 g/mol. The predicted molar refractivity (Wildman–Crippen MR) is 53.1 cm³/mol. The summed E-state index contributed by atoms with van der Waals surface area (Å²) in [7, 11) is 0. The van der Waals surface area contributed by atoms with Crippen molar-refractivity contribution in [2.24, 2.45) is 0 Å². The van der Waals surface area contributed by atoms with Crippen molar-refractivity contribution in [1.82, 2.24) is 4.98 Å². The number of rotatable bonds is 4. The molecule has 0 saturated carbocycles. The number of nitrogens with one attached hydrogen (secondary N) is 1. The third-order valence-corrected chi connectivity index (χ3v) is 2.15. The molecule has 3 heteroatoms. The number of aromatic nitrogens is 1. The molecule has 0 saturated heterocycles. The zero-order valence-corrected chi connectivity index (χ0v) is 7.93. The molecule has 0 aliphatic carbocycles. The van der Waals surface area contributed by atoms with Crippen LogP contribution in [-0.2, 0) is 6.42 Å². The maximum Gasteiger partial charge on any atom is 0.119 e. The van der Waals surface area contributed by atoms with Crippen LogP contribution in [0.3, 0.4) is 0 Å². The van der Waals surface area contributed by atoms with Gasteiger partial charge in [0.25, 0.3) is 0 Å². The SMILES string of the molecule is CCCCCc1c[nH]c(N)c1C#N. The first-order valence-electron chi connectivity index (χ1n) is 4.65. The number of nitrogens with two attached hydrogens (primary N) is 1. The van der Waals surface area contributed by atoms with E-state index in [9.17, 15) is 0 Å². The monoisotopic (exact) mass is 177 g/mol. The lowest BCUT2D eigenvalue weighted by molar-refractivity contribution is 0.717. The van der Waals surface area contributed by atoms with Crippen LogP contribution >= 0.6 is 0 Å². The molecule has 1 aromatic rings. The summed E-state index contributed by atoms with van der Waals surface area (Å²) in [5.74, 6) is 0.494. The number of nitriles is 1. The Morgan fingerprint density at radius 3 is 2.92 bits per heavy atom. The van der Waals surface area contributed by atoms with E-state index in [4.69, 9.17) is 11.0 Å². The molecule has 0 bridgehead atoms. The highest BCUT2D eigenvalue weighted by molar-refractivity contribution is 5.53. The molecule has 3 nitrogen and oxygen atoms in total. The fourth-order valence-corrected chi connectivity index (χ4v) is 1.38. The Balaban J connectivity index is 2.62. The summed E-state index contributed by atoms with van der Waals surface area (Å²) in [4.78, 5) is 2.87. The molecule has 0 spiro atoms. The molecule has 3 N–H and O–H groups in total. The van der Waals surface area contributed by atoms with E-state index >= 15 is 0 Å². The minimum atomic E-state index is 0.494. The van der Waals surface area contributed by atoms with Gasteiger partial charge in [-0.05, 0) is 18.4 Å². The van der Waals surface area contributed by atoms with Crippen molar-refractivity contribution in [1.29, 1.82) is 5.26 Å². The number of hydrogen-bond acceptors (Lipinski definition) is 2. The molecule has 1 rings (SSSR count). The van der Waals surface area contributed by atoms with Crippen LogP contribution in [0.25, 0.3) is 0 Å². The van der Waals surface area contributed by atoms with Crippen LogP contribution in [0.15, 0.2) is 6.20 Å². The first kappa shape index (κ1) is 9.66. The van der Waals surface area contributed by atoms with Crippen molar-refractivity contribution in [3.8, 4) is 6.07 Å². The Kier molecular flexibility index (Phi) is 3.39. The highest BCUT2D eigenvalue weighted by Crippen LogP contribution is 2.17. The standard InChI is InChI=1S/C10H15N3/c1-2-3-4-5-8-7-13-10(12)9(8)6-11/h7,13H,2-5,12H2,1H3. The zero-order valence-electron chi connectivity index (χ0n) is 7.93. The second kappa shape index (κ2) is 4.56. The number of hydrogen-bond donors (Lipinski definition) is 2. The summed E-state index contributed by atoms with van der Waals surface area (Å²) in [6.45, 7) is 2.16. The Hall–Kier alpha value is -1.43. The molecule has 0 aliphatic heterocycles. The van der Waals surface area contributed by atoms with E-state index in [0.29, 0.717) is 11.4 Å². The summed E-state index contributed by atoms with van der Waals surface area (Å²) < 4.78 is 0. The fourth-order valence-electron chi connectivity index (χ4n) is 1.38. The van der Waals surface area contributed by atoms with Gasteiger partial charge in [0.05, 0.1) is 5.56 Å². The van der Waals surface area contributed by atoms with Gasteiger partial charge in [-0.15, -0.1) is 0 Å². The highest BCUT2D eigenvalue weighted by atomic mass is 14.8. The van der Waals surface area contributed by atoms with Gasteiger partial charge in [0.2, 0.25) is 0 Å². The van der Waals surface area contributed by atoms with Gasteiger partial charge in [-0.2, -0.15) is 5.26 Å². The van der Waals surface area contributed by atoms with E-state index in [1.807, 2.05) is 6.20 Å². The van der Waals surface area contributed by atoms with Gasteiger partial charge >= 0.3 is 0 Å². The quantitative estimate of drug-likeness (QED) is 0.692. The molecule has 13 heavy (non-hydrogen) atoms. The van der Waals surface area contributed by atoms with Crippen molar-refractivity contribution in [2.45, 2.75) is 32.6 Å². The van der Waals surface area contributed by atoms with Crippen molar-refractivity contribution in [3.63, 3.8) is 0 Å². The molecular formula is C10H15N3. The second-order valence-corrected chi connectivity index (χ2v) is 3.17. The Labute approximate surface area is 78.6 Å². The molecule has 1 heterocycles. The lowest BCUT2D eigenvalue weighted by Crippen LogP contribution is -1.90. The molecule has 0 aliphatic rings. The van der Waals surface area contributed by atoms with Crippen molar-refractivity contribution in [3.05, 3.63) is 17.3 Å². The largest absolute Gasteiger partial charge is 0.384 e. The normalized spacial score (nSPS) is 9.85. The van der Waals surface area contributed by atoms with Crippen molar-refractivity contribution >= 4 is 5.82 Å².